The van der Waals surface area contributed by atoms with Gasteiger partial charge < -0.3 is 10.3 Å². The number of hydrogen-bond acceptors (Lipinski definition) is 4. The van der Waals surface area contributed by atoms with E-state index in [1.54, 1.807) is 16.9 Å². The van der Waals surface area contributed by atoms with Gasteiger partial charge in [0.25, 0.3) is 0 Å². The monoisotopic (exact) mass is 262 g/mol. The summed E-state index contributed by atoms with van der Waals surface area (Å²) in [6.45, 7) is 1.38. The smallest absolute Gasteiger partial charge is 0.201 e. The third-order valence-corrected chi connectivity index (χ3v) is 3.00. The molecule has 2 aromatic heterocycles. The number of aryl methyl sites for hydroxylation is 2. The number of fused-ring (bicyclic) bond motifs is 1. The average Bonchev–Trinajstić information content (AvgIpc) is 2.93. The van der Waals surface area contributed by atoms with Gasteiger partial charge in [-0.3, -0.25) is 4.68 Å². The Labute approximate surface area is 108 Å². The highest BCUT2D eigenvalue weighted by atomic mass is 35.5. The predicted molar refractivity (Wildman–Crippen MR) is 69.2 cm³/mol. The van der Waals surface area contributed by atoms with Gasteiger partial charge >= 0.3 is 0 Å². The number of hydrogen-bond donors (Lipinski definition) is 1. The molecule has 0 aliphatic carbocycles. The van der Waals surface area contributed by atoms with Crippen molar-refractivity contribution in [2.45, 2.75) is 13.1 Å². The van der Waals surface area contributed by atoms with Crippen molar-refractivity contribution in [3.63, 3.8) is 0 Å². The van der Waals surface area contributed by atoms with Crippen LogP contribution in [0.1, 0.15) is 0 Å². The lowest BCUT2D eigenvalue weighted by molar-refractivity contribution is 0.529. The second-order valence-corrected chi connectivity index (χ2v) is 4.36. The molecule has 3 aromatic rings. The van der Waals surface area contributed by atoms with Crippen LogP contribution in [0.4, 0.5) is 5.95 Å². The molecule has 6 nitrogen and oxygen atoms in total. The maximum Gasteiger partial charge on any atom is 0.201 e. The van der Waals surface area contributed by atoms with Gasteiger partial charge in [0.15, 0.2) is 0 Å². The average molecular weight is 263 g/mol. The molecule has 0 aliphatic heterocycles. The van der Waals surface area contributed by atoms with E-state index in [0.717, 1.165) is 11.0 Å². The minimum absolute atomic E-state index is 0.479. The molecule has 7 heteroatoms. The topological polar surface area (TPSA) is 74.5 Å². The van der Waals surface area contributed by atoms with Gasteiger partial charge in [0.2, 0.25) is 5.95 Å². The fraction of sp³-hybridized carbons (Fsp3) is 0.182. The number of rotatable bonds is 3. The van der Waals surface area contributed by atoms with Crippen molar-refractivity contribution in [2.24, 2.45) is 0 Å². The van der Waals surface area contributed by atoms with E-state index in [-0.39, 0.29) is 0 Å². The molecule has 0 fully saturated rings. The van der Waals surface area contributed by atoms with Crippen molar-refractivity contribution in [3.05, 3.63) is 35.6 Å². The van der Waals surface area contributed by atoms with Crippen LogP contribution in [0.25, 0.3) is 11.0 Å². The number of nitrogens with zero attached hydrogens (tertiary/aromatic N) is 5. The molecule has 1 aromatic carbocycles. The summed E-state index contributed by atoms with van der Waals surface area (Å²) in [5, 5.41) is 8.32. The SMILES string of the molecule is Nc1nc2cc(Cl)ccc2n1CCn1ccnn1. The first kappa shape index (κ1) is 11.0. The van der Waals surface area contributed by atoms with Crippen LogP contribution in [0.5, 0.6) is 0 Å². The van der Waals surface area contributed by atoms with Crippen LogP contribution in [-0.4, -0.2) is 24.5 Å². The first-order valence-corrected chi connectivity index (χ1v) is 5.87. The largest absolute Gasteiger partial charge is 0.369 e. The van der Waals surface area contributed by atoms with Crippen LogP contribution in [0.2, 0.25) is 5.02 Å². The van der Waals surface area contributed by atoms with Crippen LogP contribution < -0.4 is 5.73 Å². The summed E-state index contributed by atoms with van der Waals surface area (Å²) in [7, 11) is 0. The van der Waals surface area contributed by atoms with Crippen molar-refractivity contribution in [2.75, 3.05) is 5.73 Å². The third-order valence-electron chi connectivity index (χ3n) is 2.76. The maximum absolute atomic E-state index is 5.93. The Hall–Kier alpha value is -2.08. The summed E-state index contributed by atoms with van der Waals surface area (Å²) < 4.78 is 3.69. The zero-order chi connectivity index (χ0) is 12.5. The highest BCUT2D eigenvalue weighted by Crippen LogP contribution is 2.21. The lowest BCUT2D eigenvalue weighted by atomic mass is 10.3. The van der Waals surface area contributed by atoms with Crippen molar-refractivity contribution in [1.82, 2.24) is 24.5 Å². The van der Waals surface area contributed by atoms with E-state index in [9.17, 15) is 0 Å². The molecular formula is C11H11ClN6. The zero-order valence-electron chi connectivity index (χ0n) is 9.49. The quantitative estimate of drug-likeness (QED) is 0.777. The number of anilines is 1. The van der Waals surface area contributed by atoms with Gasteiger partial charge in [0.1, 0.15) is 0 Å². The summed E-state index contributed by atoms with van der Waals surface area (Å²) >= 11 is 5.93. The molecule has 0 unspecified atom stereocenters. The lowest BCUT2D eigenvalue weighted by Gasteiger charge is -2.06. The first-order chi connectivity index (χ1) is 8.74. The van der Waals surface area contributed by atoms with Crippen LogP contribution in [0.3, 0.4) is 0 Å². The number of benzene rings is 1. The van der Waals surface area contributed by atoms with E-state index in [4.69, 9.17) is 17.3 Å². The molecule has 2 N–H and O–H groups in total. The number of aromatic nitrogens is 5. The summed E-state index contributed by atoms with van der Waals surface area (Å²) in [6, 6.07) is 5.55. The summed E-state index contributed by atoms with van der Waals surface area (Å²) in [6.07, 6.45) is 3.46. The van der Waals surface area contributed by atoms with Crippen LogP contribution in [-0.2, 0) is 13.1 Å². The molecular weight excluding hydrogens is 252 g/mol. The fourth-order valence-corrected chi connectivity index (χ4v) is 2.08. The molecule has 2 heterocycles. The molecule has 3 rings (SSSR count). The second kappa shape index (κ2) is 4.30. The van der Waals surface area contributed by atoms with Gasteiger partial charge in [-0.25, -0.2) is 4.98 Å². The first-order valence-electron chi connectivity index (χ1n) is 5.49. The number of imidazole rings is 1. The highest BCUT2D eigenvalue weighted by Gasteiger charge is 2.08. The maximum atomic E-state index is 5.93. The molecule has 0 atom stereocenters. The minimum atomic E-state index is 0.479. The second-order valence-electron chi connectivity index (χ2n) is 3.92. The fourth-order valence-electron chi connectivity index (χ4n) is 1.91. The molecule has 0 aliphatic rings. The van der Waals surface area contributed by atoms with Crippen LogP contribution >= 0.6 is 11.6 Å². The van der Waals surface area contributed by atoms with Crippen molar-refractivity contribution in [3.8, 4) is 0 Å². The molecule has 0 saturated carbocycles. The van der Waals surface area contributed by atoms with E-state index >= 15 is 0 Å². The van der Waals surface area contributed by atoms with Gasteiger partial charge in [-0.05, 0) is 18.2 Å². The van der Waals surface area contributed by atoms with Crippen molar-refractivity contribution < 1.29 is 0 Å². The molecule has 92 valence electrons. The van der Waals surface area contributed by atoms with Crippen LogP contribution in [0.15, 0.2) is 30.6 Å². The van der Waals surface area contributed by atoms with E-state index in [0.29, 0.717) is 24.1 Å². The lowest BCUT2D eigenvalue weighted by Crippen LogP contribution is -2.10. The minimum Gasteiger partial charge on any atom is -0.369 e. The van der Waals surface area contributed by atoms with Gasteiger partial charge in [-0.1, -0.05) is 16.8 Å². The van der Waals surface area contributed by atoms with Crippen molar-refractivity contribution in [1.29, 1.82) is 0 Å². The summed E-state index contributed by atoms with van der Waals surface area (Å²) in [5.41, 5.74) is 7.68. The van der Waals surface area contributed by atoms with Gasteiger partial charge in [-0.15, -0.1) is 5.10 Å². The third kappa shape index (κ3) is 1.91. The molecule has 0 radical (unpaired) electrons. The summed E-state index contributed by atoms with van der Waals surface area (Å²) in [5.74, 6) is 0.479. The molecule has 0 bridgehead atoms. The Bertz CT molecular complexity index is 672. The molecule has 0 amide bonds. The number of nitrogens with two attached hydrogens (primary N) is 1. The molecule has 0 spiro atoms. The van der Waals surface area contributed by atoms with Gasteiger partial charge in [0, 0.05) is 17.8 Å². The Morgan fingerprint density at radius 1 is 1.28 bits per heavy atom. The number of halogens is 1. The predicted octanol–water partition coefficient (Wildman–Crippen LogP) is 1.56. The van der Waals surface area contributed by atoms with E-state index < -0.39 is 0 Å². The molecule has 0 saturated heterocycles. The Kier molecular flexibility index (Phi) is 2.64. The van der Waals surface area contributed by atoms with E-state index in [2.05, 4.69) is 15.3 Å². The zero-order valence-corrected chi connectivity index (χ0v) is 10.2. The van der Waals surface area contributed by atoms with Gasteiger partial charge in [-0.2, -0.15) is 0 Å². The Morgan fingerprint density at radius 3 is 2.94 bits per heavy atom. The normalized spacial score (nSPS) is 11.2. The van der Waals surface area contributed by atoms with E-state index in [1.165, 1.54) is 0 Å². The Balaban J connectivity index is 1.93. The van der Waals surface area contributed by atoms with E-state index in [1.807, 2.05) is 22.9 Å². The highest BCUT2D eigenvalue weighted by molar-refractivity contribution is 6.31. The number of nitrogen functional groups attached to an aromatic ring is 1. The standard InChI is InChI=1S/C11H11ClN6/c12-8-1-2-10-9(7-8)15-11(13)18(10)6-5-17-4-3-14-16-17/h1-4,7H,5-6H2,(H2,13,15). The Morgan fingerprint density at radius 2 is 2.17 bits per heavy atom. The molecule has 18 heavy (non-hydrogen) atoms. The van der Waals surface area contributed by atoms with Crippen LogP contribution in [0, 0.1) is 0 Å². The summed E-state index contributed by atoms with van der Waals surface area (Å²) in [4.78, 5) is 4.28. The van der Waals surface area contributed by atoms with Gasteiger partial charge in [0.05, 0.1) is 23.8 Å². The van der Waals surface area contributed by atoms with Crippen molar-refractivity contribution >= 4 is 28.6 Å².